The van der Waals surface area contributed by atoms with Crippen LogP contribution in [0, 0.1) is 0 Å². The molecule has 2 aromatic carbocycles. The van der Waals surface area contributed by atoms with Crippen molar-refractivity contribution < 1.29 is 0 Å². The van der Waals surface area contributed by atoms with E-state index in [0.717, 1.165) is 50.5 Å². The molecule has 1 unspecified atom stereocenters. The first kappa shape index (κ1) is 20.2. The molecule has 0 aliphatic carbocycles. The second-order valence-electron chi connectivity index (χ2n) is 7.61. The predicted molar refractivity (Wildman–Crippen MR) is 119 cm³/mol. The highest BCUT2D eigenvalue weighted by Crippen LogP contribution is 2.23. The van der Waals surface area contributed by atoms with Gasteiger partial charge in [0.2, 0.25) is 0 Å². The number of hydrazine groups is 1. The zero-order chi connectivity index (χ0) is 19.9. The molecular weight excluding hydrogens is 346 g/mol. The van der Waals surface area contributed by atoms with Crippen LogP contribution in [0.1, 0.15) is 31.7 Å². The Kier molecular flexibility index (Phi) is 6.95. The number of hydrogen-bond acceptors (Lipinski definition) is 5. The van der Waals surface area contributed by atoms with Gasteiger partial charge in [0.15, 0.2) is 0 Å². The molecular formula is C23H33N5. The fourth-order valence-electron chi connectivity index (χ4n) is 3.58. The minimum absolute atomic E-state index is 0.524. The number of nitrogens with zero attached hydrogens (tertiary/aromatic N) is 3. The van der Waals surface area contributed by atoms with Crippen LogP contribution in [0.2, 0.25) is 0 Å². The molecule has 0 aromatic heterocycles. The third-order valence-corrected chi connectivity index (χ3v) is 5.55. The van der Waals surface area contributed by atoms with Crippen molar-refractivity contribution >= 4 is 11.4 Å². The standard InChI is InChI=1S/C23H33N5/c1-3-19(2)20-8-7-11-23(16-20)28(25)18-21(24)17-26-12-14-27(15-13-26)22-9-5-4-6-10-22/h4-11,16,18-19H,3,12-15,17,24-25H2,1-2H3/b21-18-. The van der Waals surface area contributed by atoms with Crippen LogP contribution in [0.3, 0.4) is 0 Å². The summed E-state index contributed by atoms with van der Waals surface area (Å²) >= 11 is 0. The van der Waals surface area contributed by atoms with E-state index < -0.39 is 0 Å². The summed E-state index contributed by atoms with van der Waals surface area (Å²) < 4.78 is 0. The van der Waals surface area contributed by atoms with Crippen LogP contribution in [0.4, 0.5) is 11.4 Å². The van der Waals surface area contributed by atoms with Gasteiger partial charge in [0.05, 0.1) is 5.69 Å². The molecule has 150 valence electrons. The SMILES string of the molecule is CCC(C)c1cccc(N(N)/C=C(\N)CN2CCN(c3ccccc3)CC2)c1. The third kappa shape index (κ3) is 5.27. The molecule has 0 radical (unpaired) electrons. The van der Waals surface area contributed by atoms with Crippen molar-refractivity contribution in [3.05, 3.63) is 72.1 Å². The Morgan fingerprint density at radius 1 is 1.07 bits per heavy atom. The number of para-hydroxylation sites is 1. The van der Waals surface area contributed by atoms with Crippen molar-refractivity contribution in [2.75, 3.05) is 42.6 Å². The average molecular weight is 380 g/mol. The molecule has 5 nitrogen and oxygen atoms in total. The highest BCUT2D eigenvalue weighted by atomic mass is 15.4. The van der Waals surface area contributed by atoms with E-state index >= 15 is 0 Å². The number of rotatable bonds is 7. The number of benzene rings is 2. The zero-order valence-electron chi connectivity index (χ0n) is 17.1. The van der Waals surface area contributed by atoms with Crippen molar-refractivity contribution in [3.8, 4) is 0 Å². The Morgan fingerprint density at radius 3 is 2.46 bits per heavy atom. The molecule has 2 aromatic rings. The number of hydrogen-bond donors (Lipinski definition) is 2. The lowest BCUT2D eigenvalue weighted by molar-refractivity contribution is 0.277. The highest BCUT2D eigenvalue weighted by molar-refractivity contribution is 5.50. The second kappa shape index (κ2) is 9.62. The fraction of sp³-hybridized carbons (Fsp3) is 0.391. The van der Waals surface area contributed by atoms with Crippen molar-refractivity contribution in [1.82, 2.24) is 4.90 Å². The number of anilines is 2. The summed E-state index contributed by atoms with van der Waals surface area (Å²) in [6.45, 7) is 9.20. The molecule has 1 atom stereocenters. The van der Waals surface area contributed by atoms with Crippen molar-refractivity contribution in [2.24, 2.45) is 11.6 Å². The van der Waals surface area contributed by atoms with Gasteiger partial charge in [-0.3, -0.25) is 9.91 Å². The lowest BCUT2D eigenvalue weighted by Gasteiger charge is -2.36. The van der Waals surface area contributed by atoms with Crippen LogP contribution < -0.4 is 21.5 Å². The Balaban J connectivity index is 1.54. The molecule has 5 heteroatoms. The van der Waals surface area contributed by atoms with E-state index in [9.17, 15) is 0 Å². The maximum Gasteiger partial charge on any atom is 0.0571 e. The largest absolute Gasteiger partial charge is 0.400 e. The molecule has 3 rings (SSSR count). The minimum atomic E-state index is 0.524. The Bertz CT molecular complexity index is 766. The van der Waals surface area contributed by atoms with Gasteiger partial charge in [-0.15, -0.1) is 0 Å². The maximum absolute atomic E-state index is 6.30. The van der Waals surface area contributed by atoms with Gasteiger partial charge in [0, 0.05) is 50.3 Å². The highest BCUT2D eigenvalue weighted by Gasteiger charge is 2.17. The zero-order valence-corrected chi connectivity index (χ0v) is 17.1. The van der Waals surface area contributed by atoms with Gasteiger partial charge in [0.1, 0.15) is 0 Å². The van der Waals surface area contributed by atoms with E-state index in [2.05, 4.69) is 72.2 Å². The lowest BCUT2D eigenvalue weighted by atomic mass is 9.98. The normalized spacial score (nSPS) is 16.8. The minimum Gasteiger partial charge on any atom is -0.400 e. The summed E-state index contributed by atoms with van der Waals surface area (Å²) in [5.41, 5.74) is 10.6. The Morgan fingerprint density at radius 2 is 1.79 bits per heavy atom. The van der Waals surface area contributed by atoms with Gasteiger partial charge in [0.25, 0.3) is 0 Å². The van der Waals surface area contributed by atoms with Gasteiger partial charge in [-0.1, -0.05) is 44.2 Å². The average Bonchev–Trinajstić information content (AvgIpc) is 2.74. The lowest BCUT2D eigenvalue weighted by Crippen LogP contribution is -2.47. The molecule has 1 fully saturated rings. The molecule has 0 bridgehead atoms. The summed E-state index contributed by atoms with van der Waals surface area (Å²) in [6.07, 6.45) is 2.96. The summed E-state index contributed by atoms with van der Waals surface area (Å²) in [5.74, 6) is 6.78. The molecule has 0 saturated carbocycles. The number of nitrogens with two attached hydrogens (primary N) is 2. The van der Waals surface area contributed by atoms with E-state index in [4.69, 9.17) is 11.6 Å². The van der Waals surface area contributed by atoms with Gasteiger partial charge in [-0.2, -0.15) is 0 Å². The molecule has 4 N–H and O–H groups in total. The molecule has 1 heterocycles. The van der Waals surface area contributed by atoms with Crippen LogP contribution in [0.5, 0.6) is 0 Å². The van der Waals surface area contributed by atoms with Gasteiger partial charge >= 0.3 is 0 Å². The second-order valence-corrected chi connectivity index (χ2v) is 7.61. The van der Waals surface area contributed by atoms with Crippen molar-refractivity contribution in [2.45, 2.75) is 26.2 Å². The molecule has 0 amide bonds. The molecule has 1 saturated heterocycles. The van der Waals surface area contributed by atoms with Crippen LogP contribution in [0.25, 0.3) is 0 Å². The summed E-state index contributed by atoms with van der Waals surface area (Å²) in [6, 6.07) is 19.0. The quantitative estimate of drug-likeness (QED) is 0.569. The summed E-state index contributed by atoms with van der Waals surface area (Å²) in [5, 5.41) is 1.64. The third-order valence-electron chi connectivity index (χ3n) is 5.55. The van der Waals surface area contributed by atoms with Crippen LogP contribution in [-0.4, -0.2) is 37.6 Å². The summed E-state index contributed by atoms with van der Waals surface area (Å²) in [7, 11) is 0. The van der Waals surface area contributed by atoms with Crippen LogP contribution in [-0.2, 0) is 0 Å². The van der Waals surface area contributed by atoms with E-state index in [1.807, 2.05) is 12.3 Å². The molecule has 1 aliphatic rings. The van der Waals surface area contributed by atoms with Gasteiger partial charge < -0.3 is 10.6 Å². The first-order chi connectivity index (χ1) is 13.6. The number of piperazine rings is 1. The molecule has 28 heavy (non-hydrogen) atoms. The monoisotopic (exact) mass is 379 g/mol. The first-order valence-electron chi connectivity index (χ1n) is 10.2. The first-order valence-corrected chi connectivity index (χ1v) is 10.2. The van der Waals surface area contributed by atoms with Gasteiger partial charge in [-0.25, -0.2) is 5.84 Å². The van der Waals surface area contributed by atoms with Crippen molar-refractivity contribution in [1.29, 1.82) is 0 Å². The maximum atomic E-state index is 6.30. The summed E-state index contributed by atoms with van der Waals surface area (Å²) in [4.78, 5) is 4.81. The molecule has 1 aliphatic heterocycles. The smallest absolute Gasteiger partial charge is 0.0571 e. The Labute approximate surface area is 169 Å². The molecule has 0 spiro atoms. The topological polar surface area (TPSA) is 61.8 Å². The van der Waals surface area contributed by atoms with Crippen LogP contribution >= 0.6 is 0 Å². The Hall–Kier alpha value is -2.50. The van der Waals surface area contributed by atoms with Crippen LogP contribution in [0.15, 0.2) is 66.5 Å². The van der Waals surface area contributed by atoms with E-state index in [-0.39, 0.29) is 0 Å². The van der Waals surface area contributed by atoms with E-state index in [1.165, 1.54) is 11.3 Å². The fourth-order valence-corrected chi connectivity index (χ4v) is 3.58. The van der Waals surface area contributed by atoms with Crippen molar-refractivity contribution in [3.63, 3.8) is 0 Å². The van der Waals surface area contributed by atoms with E-state index in [1.54, 1.807) is 5.01 Å². The van der Waals surface area contributed by atoms with E-state index in [0.29, 0.717) is 5.92 Å². The predicted octanol–water partition coefficient (Wildman–Crippen LogP) is 3.50. The van der Waals surface area contributed by atoms with Gasteiger partial charge in [-0.05, 0) is 42.2 Å².